The minimum Gasteiger partial charge on any atom is -0.479 e. The van der Waals surface area contributed by atoms with E-state index in [0.29, 0.717) is 6.42 Å². The lowest BCUT2D eigenvalue weighted by Crippen LogP contribution is -2.40. The highest BCUT2D eigenvalue weighted by Crippen LogP contribution is 2.22. The molecule has 2 N–H and O–H groups in total. The molecule has 0 fully saturated rings. The zero-order valence-corrected chi connectivity index (χ0v) is 6.76. The number of carboxylic acid groups (broad SMARTS) is 2. The Bertz CT molecular complexity index is 163. The predicted octanol–water partition coefficient (Wildman–Crippen LogP) is 0.933. The van der Waals surface area contributed by atoms with Crippen LogP contribution in [0.5, 0.6) is 0 Å². The minimum absolute atomic E-state index is 0.0702. The van der Waals surface area contributed by atoms with Crippen molar-refractivity contribution in [1.29, 1.82) is 0 Å². The lowest BCUT2D eigenvalue weighted by atomic mass is 10.0. The smallest absolute Gasteiger partial charge is 0.336 e. The fraction of sp³-hybridized carbons (Fsp3) is 0.667. The van der Waals surface area contributed by atoms with Crippen molar-refractivity contribution in [2.45, 2.75) is 24.6 Å². The Balaban J connectivity index is 4.52. The molecule has 0 atom stereocenters. The highest BCUT2D eigenvalue weighted by molar-refractivity contribution is 6.44. The summed E-state index contributed by atoms with van der Waals surface area (Å²) >= 11 is 5.31. The first-order valence-corrected chi connectivity index (χ1v) is 3.48. The first-order chi connectivity index (χ1) is 4.95. The first-order valence-electron chi connectivity index (χ1n) is 3.11. The Labute approximate surface area is 68.8 Å². The van der Waals surface area contributed by atoms with Crippen molar-refractivity contribution in [3.63, 3.8) is 0 Å². The van der Waals surface area contributed by atoms with Crippen molar-refractivity contribution in [2.24, 2.45) is 0 Å². The average molecular weight is 181 g/mol. The van der Waals surface area contributed by atoms with Crippen LogP contribution in [0.25, 0.3) is 0 Å². The maximum Gasteiger partial charge on any atom is 0.336 e. The zero-order chi connectivity index (χ0) is 9.07. The number of halogens is 1. The van der Waals surface area contributed by atoms with Gasteiger partial charge >= 0.3 is 11.9 Å². The lowest BCUT2D eigenvalue weighted by Gasteiger charge is -2.14. The van der Waals surface area contributed by atoms with Crippen LogP contribution in [0.1, 0.15) is 19.8 Å². The Morgan fingerprint density at radius 1 is 1.36 bits per heavy atom. The number of hydrogen-bond acceptors (Lipinski definition) is 2. The number of hydrogen-bond donors (Lipinski definition) is 2. The predicted molar refractivity (Wildman–Crippen MR) is 38.8 cm³/mol. The molecule has 0 aliphatic carbocycles. The van der Waals surface area contributed by atoms with Crippen molar-refractivity contribution in [1.82, 2.24) is 0 Å². The van der Waals surface area contributed by atoms with E-state index in [1.54, 1.807) is 6.92 Å². The molecule has 0 heterocycles. The van der Waals surface area contributed by atoms with Gasteiger partial charge in [0.05, 0.1) is 0 Å². The van der Waals surface area contributed by atoms with E-state index in [0.717, 1.165) is 0 Å². The van der Waals surface area contributed by atoms with E-state index in [1.165, 1.54) is 0 Å². The van der Waals surface area contributed by atoms with Gasteiger partial charge in [-0.3, -0.25) is 0 Å². The van der Waals surface area contributed by atoms with E-state index in [4.69, 9.17) is 21.8 Å². The third-order valence-electron chi connectivity index (χ3n) is 1.27. The molecule has 5 heteroatoms. The van der Waals surface area contributed by atoms with Crippen LogP contribution in [-0.2, 0) is 9.59 Å². The second-order valence-electron chi connectivity index (χ2n) is 2.16. The molecular weight excluding hydrogens is 172 g/mol. The molecule has 0 aromatic rings. The Hall–Kier alpha value is -0.770. The maximum absolute atomic E-state index is 10.3. The van der Waals surface area contributed by atoms with Gasteiger partial charge in [0.1, 0.15) is 0 Å². The van der Waals surface area contributed by atoms with E-state index >= 15 is 0 Å². The van der Waals surface area contributed by atoms with Crippen molar-refractivity contribution in [2.75, 3.05) is 0 Å². The molecule has 0 saturated heterocycles. The normalized spacial score (nSPS) is 11.1. The zero-order valence-electron chi connectivity index (χ0n) is 6.00. The van der Waals surface area contributed by atoms with Crippen molar-refractivity contribution < 1.29 is 19.8 Å². The maximum atomic E-state index is 10.3. The molecule has 0 saturated carbocycles. The molecular formula is C6H9ClO4. The molecule has 11 heavy (non-hydrogen) atoms. The SMILES string of the molecule is CCCC(Cl)(C(=O)O)C(=O)O. The molecule has 64 valence electrons. The molecule has 4 nitrogen and oxygen atoms in total. The highest BCUT2D eigenvalue weighted by Gasteiger charge is 2.43. The summed E-state index contributed by atoms with van der Waals surface area (Å²) in [5.74, 6) is -3.01. The van der Waals surface area contributed by atoms with Gasteiger partial charge in [-0.05, 0) is 6.42 Å². The van der Waals surface area contributed by atoms with Crippen molar-refractivity contribution >= 4 is 23.5 Å². The molecule has 0 unspecified atom stereocenters. The monoisotopic (exact) mass is 180 g/mol. The topological polar surface area (TPSA) is 74.6 Å². The molecule has 0 aliphatic heterocycles. The van der Waals surface area contributed by atoms with E-state index in [9.17, 15) is 9.59 Å². The quantitative estimate of drug-likeness (QED) is 0.499. The van der Waals surface area contributed by atoms with Crippen LogP contribution in [-0.4, -0.2) is 27.0 Å². The largest absolute Gasteiger partial charge is 0.479 e. The van der Waals surface area contributed by atoms with Crippen LogP contribution < -0.4 is 0 Å². The van der Waals surface area contributed by atoms with Gasteiger partial charge in [0.15, 0.2) is 0 Å². The molecule has 0 amide bonds. The summed E-state index contributed by atoms with van der Waals surface area (Å²) in [6.07, 6.45) is 0.349. The van der Waals surface area contributed by atoms with Crippen LogP contribution in [0.4, 0.5) is 0 Å². The average Bonchev–Trinajstić information content (AvgIpc) is 1.87. The molecule has 0 aromatic carbocycles. The summed E-state index contributed by atoms with van der Waals surface area (Å²) in [7, 11) is 0. The molecule has 0 spiro atoms. The molecule has 0 aromatic heterocycles. The first kappa shape index (κ1) is 10.2. The van der Waals surface area contributed by atoms with Gasteiger partial charge in [-0.2, -0.15) is 0 Å². The fourth-order valence-electron chi connectivity index (χ4n) is 0.650. The summed E-state index contributed by atoms with van der Waals surface area (Å²) in [5.41, 5.74) is 0. The lowest BCUT2D eigenvalue weighted by molar-refractivity contribution is -0.152. The molecule has 0 rings (SSSR count). The fourth-order valence-corrected chi connectivity index (χ4v) is 0.839. The third-order valence-corrected chi connectivity index (χ3v) is 1.78. The summed E-state index contributed by atoms with van der Waals surface area (Å²) in [5, 5.41) is 16.8. The van der Waals surface area contributed by atoms with Gasteiger partial charge in [-0.1, -0.05) is 24.9 Å². The van der Waals surface area contributed by atoms with Crippen LogP contribution in [0.2, 0.25) is 0 Å². The molecule has 0 aliphatic rings. The number of carbonyl (C=O) groups is 2. The Morgan fingerprint density at radius 3 is 1.82 bits per heavy atom. The Kier molecular flexibility index (Phi) is 3.32. The number of carboxylic acids is 2. The second kappa shape index (κ2) is 3.57. The van der Waals surface area contributed by atoms with Crippen LogP contribution in [0.15, 0.2) is 0 Å². The highest BCUT2D eigenvalue weighted by atomic mass is 35.5. The van der Waals surface area contributed by atoms with E-state index < -0.39 is 16.8 Å². The van der Waals surface area contributed by atoms with Crippen LogP contribution >= 0.6 is 11.6 Å². The summed E-state index contributed by atoms with van der Waals surface area (Å²) in [4.78, 5) is 18.5. The van der Waals surface area contributed by atoms with Gasteiger partial charge < -0.3 is 10.2 Å². The standard InChI is InChI=1S/C6H9ClO4/c1-2-3-6(7,4(8)9)5(10)11/h2-3H2,1H3,(H,8,9)(H,10,11). The van der Waals surface area contributed by atoms with Gasteiger partial charge in [0, 0.05) is 0 Å². The second-order valence-corrected chi connectivity index (χ2v) is 2.81. The molecule has 0 radical (unpaired) electrons. The Morgan fingerprint density at radius 2 is 1.73 bits per heavy atom. The van der Waals surface area contributed by atoms with E-state index in [-0.39, 0.29) is 6.42 Å². The van der Waals surface area contributed by atoms with Gasteiger partial charge in [-0.15, -0.1) is 0 Å². The minimum atomic E-state index is -2.14. The number of aliphatic carboxylic acids is 2. The van der Waals surface area contributed by atoms with Gasteiger partial charge in [0.25, 0.3) is 0 Å². The van der Waals surface area contributed by atoms with Gasteiger partial charge in [0.2, 0.25) is 4.87 Å². The van der Waals surface area contributed by atoms with E-state index in [2.05, 4.69) is 0 Å². The van der Waals surface area contributed by atoms with Crippen LogP contribution in [0.3, 0.4) is 0 Å². The van der Waals surface area contributed by atoms with Crippen LogP contribution in [0, 0.1) is 0 Å². The van der Waals surface area contributed by atoms with Gasteiger partial charge in [-0.25, -0.2) is 9.59 Å². The van der Waals surface area contributed by atoms with Crippen molar-refractivity contribution in [3.05, 3.63) is 0 Å². The third kappa shape index (κ3) is 2.08. The molecule has 0 bridgehead atoms. The number of rotatable bonds is 4. The number of alkyl halides is 1. The van der Waals surface area contributed by atoms with E-state index in [1.807, 2.05) is 0 Å². The summed E-state index contributed by atoms with van der Waals surface area (Å²) < 4.78 is 0. The summed E-state index contributed by atoms with van der Waals surface area (Å²) in [6, 6.07) is 0. The van der Waals surface area contributed by atoms with Crippen molar-refractivity contribution in [3.8, 4) is 0 Å². The summed E-state index contributed by atoms with van der Waals surface area (Å²) in [6.45, 7) is 1.67.